The Balaban J connectivity index is 2.16. The van der Waals surface area contributed by atoms with Gasteiger partial charge in [-0.15, -0.1) is 0 Å². The van der Waals surface area contributed by atoms with Gasteiger partial charge in [-0.2, -0.15) is 0 Å². The molecule has 0 bridgehead atoms. The van der Waals surface area contributed by atoms with Gasteiger partial charge >= 0.3 is 0 Å². The first-order valence-corrected chi connectivity index (χ1v) is 8.64. The lowest BCUT2D eigenvalue weighted by Gasteiger charge is -2.26. The molecule has 1 atom stereocenters. The van der Waals surface area contributed by atoms with Crippen LogP contribution in [0.5, 0.6) is 0 Å². The molecule has 22 heavy (non-hydrogen) atoms. The molecule has 0 aromatic heterocycles. The lowest BCUT2D eigenvalue weighted by Crippen LogP contribution is -2.48. The zero-order valence-electron chi connectivity index (χ0n) is 12.7. The maximum absolute atomic E-state index is 12.8. The van der Waals surface area contributed by atoms with Crippen LogP contribution in [-0.2, 0) is 14.8 Å². The summed E-state index contributed by atoms with van der Waals surface area (Å²) in [5.74, 6) is -0.302. The molecule has 3 rings (SSSR count). The monoisotopic (exact) mass is 318 g/mol. The Morgan fingerprint density at radius 1 is 1.09 bits per heavy atom. The van der Waals surface area contributed by atoms with Crippen molar-refractivity contribution in [1.29, 1.82) is 0 Å². The van der Waals surface area contributed by atoms with Crippen LogP contribution < -0.4 is 9.62 Å². The molecule has 6 heteroatoms. The molecular formula is C16H18N2O3S. The number of carbonyl (C=O) groups excluding carboxylic acids is 1. The molecule has 1 aliphatic rings. The molecule has 0 saturated heterocycles. The highest BCUT2D eigenvalue weighted by Crippen LogP contribution is 2.43. The number of benzene rings is 2. The van der Waals surface area contributed by atoms with E-state index >= 15 is 0 Å². The highest BCUT2D eigenvalue weighted by molar-refractivity contribution is 7.93. The van der Waals surface area contributed by atoms with Gasteiger partial charge in [0.1, 0.15) is 6.04 Å². The Labute approximate surface area is 130 Å². The molecule has 0 spiro atoms. The number of hydrogen-bond donors (Lipinski definition) is 1. The predicted octanol–water partition coefficient (Wildman–Crippen LogP) is 2.26. The predicted molar refractivity (Wildman–Crippen MR) is 86.4 cm³/mol. The third-order valence-corrected chi connectivity index (χ3v) is 5.71. The summed E-state index contributed by atoms with van der Waals surface area (Å²) in [6.45, 7) is 5.30. The number of hydrogen-bond acceptors (Lipinski definition) is 3. The maximum Gasteiger partial charge on any atom is 0.265 e. The molecule has 1 heterocycles. The minimum Gasteiger partial charge on any atom is -0.352 e. The largest absolute Gasteiger partial charge is 0.352 e. The lowest BCUT2D eigenvalue weighted by atomic mass is 10.1. The van der Waals surface area contributed by atoms with E-state index in [9.17, 15) is 13.2 Å². The molecule has 116 valence electrons. The van der Waals surface area contributed by atoms with E-state index in [1.54, 1.807) is 25.1 Å². The minimum atomic E-state index is -3.71. The molecule has 1 N–H and O–H groups in total. The van der Waals surface area contributed by atoms with Crippen molar-refractivity contribution < 1.29 is 13.2 Å². The van der Waals surface area contributed by atoms with Gasteiger partial charge in [-0.25, -0.2) is 8.42 Å². The maximum atomic E-state index is 12.8. The minimum absolute atomic E-state index is 0.0431. The number of nitrogens with one attached hydrogen (secondary N) is 1. The highest BCUT2D eigenvalue weighted by atomic mass is 32.2. The quantitative estimate of drug-likeness (QED) is 0.944. The molecule has 2 aromatic rings. The summed E-state index contributed by atoms with van der Waals surface area (Å²) in [5, 5.41) is 4.32. The summed E-state index contributed by atoms with van der Waals surface area (Å²) >= 11 is 0. The number of rotatable bonds is 3. The van der Waals surface area contributed by atoms with E-state index in [-0.39, 0.29) is 16.8 Å². The van der Waals surface area contributed by atoms with Gasteiger partial charge in [-0.05, 0) is 38.3 Å². The lowest BCUT2D eigenvalue weighted by molar-refractivity contribution is -0.122. The van der Waals surface area contributed by atoms with Crippen molar-refractivity contribution in [2.45, 2.75) is 37.8 Å². The molecule has 0 fully saturated rings. The third-order valence-electron chi connectivity index (χ3n) is 3.78. The van der Waals surface area contributed by atoms with E-state index in [1.807, 2.05) is 32.0 Å². The number of carbonyl (C=O) groups is 1. The van der Waals surface area contributed by atoms with Crippen LogP contribution in [0.2, 0.25) is 0 Å². The average Bonchev–Trinajstić information content (AvgIpc) is 2.68. The SMILES string of the molecule is CC(C)NC(=O)C(C)N1c2cccc3cccc(c23)S1(=O)=O. The Bertz CT molecular complexity index is 854. The van der Waals surface area contributed by atoms with Crippen molar-refractivity contribution >= 4 is 32.4 Å². The van der Waals surface area contributed by atoms with Gasteiger partial charge in [0.05, 0.1) is 10.6 Å². The molecule has 1 aliphatic heterocycles. The van der Waals surface area contributed by atoms with Gasteiger partial charge in [-0.3, -0.25) is 9.10 Å². The van der Waals surface area contributed by atoms with Gasteiger partial charge in [0.25, 0.3) is 10.0 Å². The summed E-state index contributed by atoms with van der Waals surface area (Å²) in [6, 6.07) is 9.78. The summed E-state index contributed by atoms with van der Waals surface area (Å²) in [7, 11) is -3.71. The first-order valence-electron chi connectivity index (χ1n) is 7.20. The van der Waals surface area contributed by atoms with Crippen molar-refractivity contribution in [3.8, 4) is 0 Å². The number of nitrogens with zero attached hydrogens (tertiary/aromatic N) is 1. The summed E-state index contributed by atoms with van der Waals surface area (Å²) in [5.41, 5.74) is 0.569. The standard InChI is InChI=1S/C16H18N2O3S/c1-10(2)17-16(19)11(3)18-13-8-4-6-12-7-5-9-14(15(12)13)22(18,20)21/h4-11H,1-3H3,(H,17,19). The first-order chi connectivity index (χ1) is 10.3. The van der Waals surface area contributed by atoms with Crippen molar-refractivity contribution in [1.82, 2.24) is 5.32 Å². The van der Waals surface area contributed by atoms with Crippen molar-refractivity contribution in [2.75, 3.05) is 4.31 Å². The van der Waals surface area contributed by atoms with Crippen molar-refractivity contribution in [2.24, 2.45) is 0 Å². The van der Waals surface area contributed by atoms with Crippen LogP contribution in [0.4, 0.5) is 5.69 Å². The fraction of sp³-hybridized carbons (Fsp3) is 0.312. The second kappa shape index (κ2) is 4.98. The second-order valence-electron chi connectivity index (χ2n) is 5.77. The number of anilines is 1. The van der Waals surface area contributed by atoms with Crippen LogP contribution in [0.3, 0.4) is 0 Å². The van der Waals surface area contributed by atoms with E-state index < -0.39 is 16.1 Å². The number of amides is 1. The van der Waals surface area contributed by atoms with Crippen LogP contribution in [0.15, 0.2) is 41.3 Å². The number of sulfonamides is 1. The molecule has 5 nitrogen and oxygen atoms in total. The van der Waals surface area contributed by atoms with E-state index in [1.165, 1.54) is 4.31 Å². The Morgan fingerprint density at radius 2 is 1.73 bits per heavy atom. The molecular weight excluding hydrogens is 300 g/mol. The van der Waals surface area contributed by atoms with Crippen LogP contribution in [0.1, 0.15) is 20.8 Å². The fourth-order valence-electron chi connectivity index (χ4n) is 2.85. The molecule has 1 unspecified atom stereocenters. The van der Waals surface area contributed by atoms with Gasteiger partial charge in [0.2, 0.25) is 5.91 Å². The Kier molecular flexibility index (Phi) is 3.36. The second-order valence-corrected chi connectivity index (χ2v) is 7.55. The van der Waals surface area contributed by atoms with Crippen LogP contribution in [0.25, 0.3) is 10.8 Å². The van der Waals surface area contributed by atoms with Crippen LogP contribution >= 0.6 is 0 Å². The van der Waals surface area contributed by atoms with Crippen molar-refractivity contribution in [3.63, 3.8) is 0 Å². The van der Waals surface area contributed by atoms with Crippen molar-refractivity contribution in [3.05, 3.63) is 36.4 Å². The molecule has 0 radical (unpaired) electrons. The van der Waals surface area contributed by atoms with E-state index in [2.05, 4.69) is 5.32 Å². The third kappa shape index (κ3) is 2.06. The van der Waals surface area contributed by atoms with E-state index in [4.69, 9.17) is 0 Å². The summed E-state index contributed by atoms with van der Waals surface area (Å²) in [4.78, 5) is 12.5. The van der Waals surface area contributed by atoms with Gasteiger partial charge in [-0.1, -0.05) is 24.3 Å². The van der Waals surface area contributed by atoms with Crippen LogP contribution in [-0.4, -0.2) is 26.4 Å². The van der Waals surface area contributed by atoms with E-state index in [0.29, 0.717) is 11.1 Å². The van der Waals surface area contributed by atoms with Gasteiger partial charge in [0, 0.05) is 11.4 Å². The Morgan fingerprint density at radius 3 is 2.36 bits per heavy atom. The highest BCUT2D eigenvalue weighted by Gasteiger charge is 2.40. The van der Waals surface area contributed by atoms with Gasteiger partial charge < -0.3 is 5.32 Å². The average molecular weight is 318 g/mol. The Hall–Kier alpha value is -2.08. The van der Waals surface area contributed by atoms with Gasteiger partial charge in [0.15, 0.2) is 0 Å². The normalized spacial score (nSPS) is 17.0. The van der Waals surface area contributed by atoms with Crippen LogP contribution in [0, 0.1) is 0 Å². The summed E-state index contributed by atoms with van der Waals surface area (Å²) in [6.07, 6.45) is 0. The molecule has 1 amide bonds. The first kappa shape index (κ1) is 14.8. The topological polar surface area (TPSA) is 66.5 Å². The molecule has 0 saturated carbocycles. The van der Waals surface area contributed by atoms with E-state index in [0.717, 1.165) is 5.39 Å². The zero-order chi connectivity index (χ0) is 16.1. The summed E-state index contributed by atoms with van der Waals surface area (Å²) < 4.78 is 26.9. The fourth-order valence-corrected chi connectivity index (χ4v) is 4.72. The molecule has 0 aliphatic carbocycles. The smallest absolute Gasteiger partial charge is 0.265 e. The molecule has 2 aromatic carbocycles. The zero-order valence-corrected chi connectivity index (χ0v) is 13.5.